The second kappa shape index (κ2) is 3.54. The summed E-state index contributed by atoms with van der Waals surface area (Å²) in [5.74, 6) is 0.321. The Balaban J connectivity index is 2.26. The van der Waals surface area contributed by atoms with Gasteiger partial charge in [0.1, 0.15) is 10.0 Å². The smallest absolute Gasteiger partial charge is 0.308 e. The molecule has 1 rings (SSSR count). The molecule has 1 aliphatic carbocycles. The van der Waals surface area contributed by atoms with Crippen molar-refractivity contribution in [1.29, 1.82) is 0 Å². The lowest BCUT2D eigenvalue weighted by atomic mass is 10.3. The van der Waals surface area contributed by atoms with Gasteiger partial charge >= 0.3 is 5.97 Å². The molecule has 11 heavy (non-hydrogen) atoms. The summed E-state index contributed by atoms with van der Waals surface area (Å²) in [4.78, 5) is 10.8. The van der Waals surface area contributed by atoms with Crippen molar-refractivity contribution in [1.82, 2.24) is 0 Å². The molecule has 3 atom stereocenters. The standard InChI is InChI=1S/C6H9ClO3S/c1-10-6(8)5-2-4(5)3-11(7)9/h4-5H,2-3H2,1H3/t4-,5-,11?/m1/s1. The van der Waals surface area contributed by atoms with E-state index >= 15 is 0 Å². The third kappa shape index (κ3) is 2.45. The summed E-state index contributed by atoms with van der Waals surface area (Å²) in [6.45, 7) is 0. The summed E-state index contributed by atoms with van der Waals surface area (Å²) in [5.41, 5.74) is 0. The Labute approximate surface area is 72.0 Å². The zero-order valence-electron chi connectivity index (χ0n) is 6.08. The van der Waals surface area contributed by atoms with E-state index in [1.54, 1.807) is 0 Å². The average molecular weight is 197 g/mol. The van der Waals surface area contributed by atoms with E-state index in [1.165, 1.54) is 7.11 Å². The van der Waals surface area contributed by atoms with E-state index in [2.05, 4.69) is 4.74 Å². The van der Waals surface area contributed by atoms with Crippen molar-refractivity contribution in [2.45, 2.75) is 6.42 Å². The van der Waals surface area contributed by atoms with Crippen LogP contribution in [0, 0.1) is 11.8 Å². The van der Waals surface area contributed by atoms with E-state index in [1.807, 2.05) is 0 Å². The van der Waals surface area contributed by atoms with Crippen molar-refractivity contribution >= 4 is 26.7 Å². The predicted octanol–water partition coefficient (Wildman–Crippen LogP) is 0.698. The van der Waals surface area contributed by atoms with Crippen molar-refractivity contribution in [3.05, 3.63) is 0 Å². The van der Waals surface area contributed by atoms with Gasteiger partial charge in [-0.2, -0.15) is 0 Å². The van der Waals surface area contributed by atoms with Crippen LogP contribution in [-0.2, 0) is 19.5 Å². The second-order valence-electron chi connectivity index (χ2n) is 2.58. The largest absolute Gasteiger partial charge is 0.469 e. The van der Waals surface area contributed by atoms with E-state index in [0.717, 1.165) is 6.42 Å². The lowest BCUT2D eigenvalue weighted by Gasteiger charge is -1.94. The maximum atomic E-state index is 10.8. The molecular weight excluding hydrogens is 188 g/mol. The Bertz CT molecular complexity index is 194. The molecule has 3 nitrogen and oxygen atoms in total. The molecule has 5 heteroatoms. The van der Waals surface area contributed by atoms with E-state index in [-0.39, 0.29) is 17.8 Å². The van der Waals surface area contributed by atoms with Gasteiger partial charge in [0.15, 0.2) is 0 Å². The van der Waals surface area contributed by atoms with E-state index in [9.17, 15) is 9.00 Å². The Morgan fingerprint density at radius 1 is 1.82 bits per heavy atom. The maximum absolute atomic E-state index is 10.8. The van der Waals surface area contributed by atoms with Crippen LogP contribution in [0.15, 0.2) is 0 Å². The fourth-order valence-electron chi connectivity index (χ4n) is 1.04. The summed E-state index contributed by atoms with van der Waals surface area (Å²) in [5, 5.41) is 0. The van der Waals surface area contributed by atoms with Gasteiger partial charge in [0.25, 0.3) is 0 Å². The first-order valence-electron chi connectivity index (χ1n) is 3.27. The maximum Gasteiger partial charge on any atom is 0.308 e. The fraction of sp³-hybridized carbons (Fsp3) is 0.833. The SMILES string of the molecule is COC(=O)[C@@H]1C[C@@H]1CS(=O)Cl. The monoisotopic (exact) mass is 196 g/mol. The third-order valence-electron chi connectivity index (χ3n) is 1.77. The Kier molecular flexibility index (Phi) is 2.90. The molecule has 64 valence electrons. The number of carbonyl (C=O) groups excluding carboxylic acids is 1. The van der Waals surface area contributed by atoms with Gasteiger partial charge in [0, 0.05) is 5.75 Å². The molecule has 0 bridgehead atoms. The highest BCUT2D eigenvalue weighted by molar-refractivity contribution is 8.08. The second-order valence-corrected chi connectivity index (χ2v) is 4.53. The third-order valence-corrected chi connectivity index (χ3v) is 2.84. The molecule has 0 saturated heterocycles. The zero-order chi connectivity index (χ0) is 8.43. The molecule has 1 unspecified atom stereocenters. The van der Waals surface area contributed by atoms with Gasteiger partial charge in [-0.1, -0.05) is 0 Å². The van der Waals surface area contributed by atoms with E-state index in [4.69, 9.17) is 10.7 Å². The van der Waals surface area contributed by atoms with E-state index < -0.39 is 10.0 Å². The zero-order valence-corrected chi connectivity index (χ0v) is 7.65. The molecular formula is C6H9ClO3S. The van der Waals surface area contributed by atoms with E-state index in [0.29, 0.717) is 5.75 Å². The highest BCUT2D eigenvalue weighted by atomic mass is 35.7. The Hall–Kier alpha value is -0.0900. The highest BCUT2D eigenvalue weighted by Gasteiger charge is 2.44. The van der Waals surface area contributed by atoms with Crippen molar-refractivity contribution < 1.29 is 13.7 Å². The number of methoxy groups -OCH3 is 1. The number of halogens is 1. The van der Waals surface area contributed by atoms with Crippen molar-refractivity contribution in [3.63, 3.8) is 0 Å². The molecule has 0 aromatic rings. The van der Waals surface area contributed by atoms with Gasteiger partial charge in [0.2, 0.25) is 0 Å². The van der Waals surface area contributed by atoms with Gasteiger partial charge in [-0.3, -0.25) is 4.79 Å². The minimum atomic E-state index is -1.31. The summed E-state index contributed by atoms with van der Waals surface area (Å²) >= 11 is 0. The lowest BCUT2D eigenvalue weighted by molar-refractivity contribution is -0.142. The van der Waals surface area contributed by atoms with Crippen molar-refractivity contribution in [3.8, 4) is 0 Å². The Morgan fingerprint density at radius 3 is 2.91 bits per heavy atom. The summed E-state index contributed by atoms with van der Waals surface area (Å²) in [7, 11) is 5.29. The molecule has 0 aromatic carbocycles. The molecule has 0 spiro atoms. The molecule has 0 radical (unpaired) electrons. The van der Waals surface area contributed by atoms with Gasteiger partial charge in [-0.05, 0) is 23.0 Å². The van der Waals surface area contributed by atoms with Crippen LogP contribution in [0.1, 0.15) is 6.42 Å². The lowest BCUT2D eigenvalue weighted by Crippen LogP contribution is -2.06. The van der Waals surface area contributed by atoms with Crippen LogP contribution in [0.25, 0.3) is 0 Å². The number of rotatable bonds is 3. The van der Waals surface area contributed by atoms with Crippen LogP contribution in [-0.4, -0.2) is 23.0 Å². The molecule has 0 aromatic heterocycles. The molecule has 1 fully saturated rings. The summed E-state index contributed by atoms with van der Waals surface area (Å²) in [6, 6.07) is 0. The summed E-state index contributed by atoms with van der Waals surface area (Å²) in [6.07, 6.45) is 0.769. The molecule has 0 aliphatic heterocycles. The summed E-state index contributed by atoms with van der Waals surface area (Å²) < 4.78 is 15.0. The minimum Gasteiger partial charge on any atom is -0.469 e. The van der Waals surface area contributed by atoms with Gasteiger partial charge in [-0.15, -0.1) is 0 Å². The van der Waals surface area contributed by atoms with Gasteiger partial charge in [0.05, 0.1) is 13.0 Å². The van der Waals surface area contributed by atoms with Crippen LogP contribution >= 0.6 is 10.7 Å². The number of carbonyl (C=O) groups is 1. The van der Waals surface area contributed by atoms with Crippen molar-refractivity contribution in [2.24, 2.45) is 11.8 Å². The number of hydrogen-bond donors (Lipinski definition) is 0. The first-order valence-corrected chi connectivity index (χ1v) is 5.42. The number of hydrogen-bond acceptors (Lipinski definition) is 3. The first kappa shape index (κ1) is 9.00. The minimum absolute atomic E-state index is 0.0531. The normalized spacial score (nSPS) is 31.1. The predicted molar refractivity (Wildman–Crippen MR) is 42.5 cm³/mol. The molecule has 1 saturated carbocycles. The molecule has 0 heterocycles. The molecule has 0 N–H and O–H groups in total. The van der Waals surface area contributed by atoms with Crippen LogP contribution in [0.3, 0.4) is 0 Å². The average Bonchev–Trinajstić information content (AvgIpc) is 2.65. The van der Waals surface area contributed by atoms with Crippen molar-refractivity contribution in [2.75, 3.05) is 12.9 Å². The Morgan fingerprint density at radius 2 is 2.45 bits per heavy atom. The molecule has 1 aliphatic rings. The van der Waals surface area contributed by atoms with Crippen LogP contribution in [0.5, 0.6) is 0 Å². The van der Waals surface area contributed by atoms with Gasteiger partial charge in [-0.25, -0.2) is 4.21 Å². The molecule has 0 amide bonds. The topological polar surface area (TPSA) is 43.4 Å². The highest BCUT2D eigenvalue weighted by Crippen LogP contribution is 2.40. The first-order chi connectivity index (χ1) is 5.15. The van der Waals surface area contributed by atoms with Crippen LogP contribution < -0.4 is 0 Å². The fourth-order valence-corrected chi connectivity index (χ4v) is 2.23. The van der Waals surface area contributed by atoms with Crippen LogP contribution in [0.4, 0.5) is 0 Å². The number of ether oxygens (including phenoxy) is 1. The van der Waals surface area contributed by atoms with Crippen LogP contribution in [0.2, 0.25) is 0 Å². The number of esters is 1. The quantitative estimate of drug-likeness (QED) is 0.493. The van der Waals surface area contributed by atoms with Gasteiger partial charge < -0.3 is 4.74 Å².